The van der Waals surface area contributed by atoms with Crippen LogP contribution in [0.3, 0.4) is 0 Å². The van der Waals surface area contributed by atoms with Crippen LogP contribution in [0.5, 0.6) is 0 Å². The second-order valence-corrected chi connectivity index (χ2v) is 2.84. The number of methoxy groups -OCH3 is 1. The lowest BCUT2D eigenvalue weighted by molar-refractivity contribution is -0.143. The summed E-state index contributed by atoms with van der Waals surface area (Å²) in [6.07, 6.45) is 1.75. The van der Waals surface area contributed by atoms with Crippen LogP contribution in [0.4, 0.5) is 0 Å². The van der Waals surface area contributed by atoms with Crippen LogP contribution in [0.15, 0.2) is 0 Å². The zero-order valence-corrected chi connectivity index (χ0v) is 7.61. The normalized spacial score (nSPS) is 33.9. The van der Waals surface area contributed by atoms with Crippen LogP contribution in [0.2, 0.25) is 0 Å². The third-order valence-corrected chi connectivity index (χ3v) is 2.21. The van der Waals surface area contributed by atoms with E-state index < -0.39 is 5.54 Å². The standard InChI is InChI=1S/C7H13NO2.ClH/c1-3-5-4-7(5,8)6(9)10-2;/h5H,3-4,8H2,1-2H3;1H/t5-,7-;/m0./s1. The maximum atomic E-state index is 10.9. The third-order valence-electron chi connectivity index (χ3n) is 2.21. The van der Waals surface area contributed by atoms with Gasteiger partial charge < -0.3 is 10.5 Å². The van der Waals surface area contributed by atoms with Crippen molar-refractivity contribution in [1.29, 1.82) is 0 Å². The Morgan fingerprint density at radius 2 is 2.36 bits per heavy atom. The van der Waals surface area contributed by atoms with E-state index in [0.29, 0.717) is 5.92 Å². The molecule has 0 aromatic carbocycles. The summed E-state index contributed by atoms with van der Waals surface area (Å²) in [5, 5.41) is 0. The van der Waals surface area contributed by atoms with Gasteiger partial charge in [-0.1, -0.05) is 13.3 Å². The molecule has 66 valence electrons. The maximum absolute atomic E-state index is 10.9. The summed E-state index contributed by atoms with van der Waals surface area (Å²) in [6.45, 7) is 2.03. The SMILES string of the molecule is CC[C@H]1C[C@@]1(N)C(=O)OC.Cl. The number of esters is 1. The number of halogens is 1. The summed E-state index contributed by atoms with van der Waals surface area (Å²) in [5.41, 5.74) is 5.05. The molecule has 11 heavy (non-hydrogen) atoms. The quantitative estimate of drug-likeness (QED) is 0.636. The molecule has 0 amide bonds. The van der Waals surface area contributed by atoms with E-state index in [0.717, 1.165) is 12.8 Å². The summed E-state index contributed by atoms with van der Waals surface area (Å²) < 4.78 is 4.55. The number of hydrogen-bond acceptors (Lipinski definition) is 3. The fraction of sp³-hybridized carbons (Fsp3) is 0.857. The van der Waals surface area contributed by atoms with Gasteiger partial charge in [-0.25, -0.2) is 0 Å². The predicted octanol–water partition coefficient (Wildman–Crippen LogP) is 0.709. The molecule has 1 saturated carbocycles. The van der Waals surface area contributed by atoms with Crippen molar-refractivity contribution in [3.05, 3.63) is 0 Å². The highest BCUT2D eigenvalue weighted by Crippen LogP contribution is 2.43. The zero-order chi connectivity index (χ0) is 7.78. The average molecular weight is 180 g/mol. The van der Waals surface area contributed by atoms with E-state index in [1.54, 1.807) is 0 Å². The Hall–Kier alpha value is -0.280. The predicted molar refractivity (Wildman–Crippen MR) is 44.6 cm³/mol. The molecule has 0 aromatic rings. The molecule has 1 aliphatic rings. The number of carbonyl (C=O) groups excluding carboxylic acids is 1. The first-order valence-corrected chi connectivity index (χ1v) is 3.52. The molecule has 1 rings (SSSR count). The van der Waals surface area contributed by atoms with Crippen LogP contribution in [0, 0.1) is 5.92 Å². The molecule has 1 aliphatic carbocycles. The number of carbonyl (C=O) groups is 1. The van der Waals surface area contributed by atoms with E-state index in [-0.39, 0.29) is 18.4 Å². The molecule has 3 nitrogen and oxygen atoms in total. The Balaban J connectivity index is 0.000001000. The van der Waals surface area contributed by atoms with Gasteiger partial charge in [-0.05, 0) is 12.3 Å². The number of hydrogen-bond donors (Lipinski definition) is 1. The van der Waals surface area contributed by atoms with Gasteiger partial charge in [0.2, 0.25) is 0 Å². The van der Waals surface area contributed by atoms with E-state index in [2.05, 4.69) is 4.74 Å². The van der Waals surface area contributed by atoms with Crippen molar-refractivity contribution in [3.8, 4) is 0 Å². The second kappa shape index (κ2) is 3.41. The van der Waals surface area contributed by atoms with E-state index in [9.17, 15) is 4.79 Å². The van der Waals surface area contributed by atoms with Gasteiger partial charge in [0.05, 0.1) is 7.11 Å². The molecule has 0 aliphatic heterocycles. The van der Waals surface area contributed by atoms with Crippen LogP contribution in [0.25, 0.3) is 0 Å². The highest BCUT2D eigenvalue weighted by atomic mass is 35.5. The highest BCUT2D eigenvalue weighted by molar-refractivity contribution is 5.85. The minimum absolute atomic E-state index is 0. The smallest absolute Gasteiger partial charge is 0.326 e. The Bertz CT molecular complexity index is 163. The van der Waals surface area contributed by atoms with Crippen LogP contribution in [-0.4, -0.2) is 18.6 Å². The van der Waals surface area contributed by atoms with E-state index in [1.807, 2.05) is 6.92 Å². The topological polar surface area (TPSA) is 52.3 Å². The molecule has 0 heterocycles. The van der Waals surface area contributed by atoms with Crippen LogP contribution >= 0.6 is 12.4 Å². The molecule has 4 heteroatoms. The molecule has 2 N–H and O–H groups in total. The summed E-state index contributed by atoms with van der Waals surface area (Å²) >= 11 is 0. The molecule has 0 radical (unpaired) electrons. The van der Waals surface area contributed by atoms with Crippen LogP contribution in [-0.2, 0) is 9.53 Å². The monoisotopic (exact) mass is 179 g/mol. The Morgan fingerprint density at radius 1 is 1.82 bits per heavy atom. The van der Waals surface area contributed by atoms with Gasteiger partial charge in [-0.15, -0.1) is 12.4 Å². The van der Waals surface area contributed by atoms with E-state index >= 15 is 0 Å². The van der Waals surface area contributed by atoms with Crippen LogP contribution < -0.4 is 5.73 Å². The fourth-order valence-electron chi connectivity index (χ4n) is 1.30. The first kappa shape index (κ1) is 10.7. The Labute approximate surface area is 72.7 Å². The molecule has 1 fully saturated rings. The summed E-state index contributed by atoms with van der Waals surface area (Å²) in [7, 11) is 1.38. The first-order valence-electron chi connectivity index (χ1n) is 3.52. The van der Waals surface area contributed by atoms with Gasteiger partial charge in [0, 0.05) is 0 Å². The lowest BCUT2D eigenvalue weighted by atomic mass is 10.2. The first-order chi connectivity index (χ1) is 4.65. The van der Waals surface area contributed by atoms with Gasteiger partial charge in [-0.2, -0.15) is 0 Å². The van der Waals surface area contributed by atoms with E-state index in [4.69, 9.17) is 5.73 Å². The molecule has 0 aromatic heterocycles. The Kier molecular flexibility index (Phi) is 3.32. The maximum Gasteiger partial charge on any atom is 0.326 e. The molecule has 0 saturated heterocycles. The highest BCUT2D eigenvalue weighted by Gasteiger charge is 2.56. The number of ether oxygens (including phenoxy) is 1. The van der Waals surface area contributed by atoms with Crippen LogP contribution in [0.1, 0.15) is 19.8 Å². The molecule has 0 spiro atoms. The lowest BCUT2D eigenvalue weighted by Gasteiger charge is -2.06. The Morgan fingerprint density at radius 3 is 2.64 bits per heavy atom. The number of nitrogens with two attached hydrogens (primary N) is 1. The van der Waals surface area contributed by atoms with Gasteiger partial charge in [0.25, 0.3) is 0 Å². The number of rotatable bonds is 2. The molecular weight excluding hydrogens is 166 g/mol. The van der Waals surface area contributed by atoms with Crippen molar-refractivity contribution in [2.45, 2.75) is 25.3 Å². The van der Waals surface area contributed by atoms with E-state index in [1.165, 1.54) is 7.11 Å². The molecule has 0 bridgehead atoms. The summed E-state index contributed by atoms with van der Waals surface area (Å²) in [6, 6.07) is 0. The van der Waals surface area contributed by atoms with Crippen molar-refractivity contribution < 1.29 is 9.53 Å². The minimum atomic E-state index is -0.635. The zero-order valence-electron chi connectivity index (χ0n) is 6.79. The van der Waals surface area contributed by atoms with Crippen molar-refractivity contribution >= 4 is 18.4 Å². The lowest BCUT2D eigenvalue weighted by Crippen LogP contribution is -2.36. The van der Waals surface area contributed by atoms with Crippen molar-refractivity contribution in [2.75, 3.05) is 7.11 Å². The van der Waals surface area contributed by atoms with Gasteiger partial charge in [-0.3, -0.25) is 4.79 Å². The van der Waals surface area contributed by atoms with Crippen molar-refractivity contribution in [3.63, 3.8) is 0 Å². The molecular formula is C7H14ClNO2. The van der Waals surface area contributed by atoms with Gasteiger partial charge in [0.15, 0.2) is 0 Å². The fourth-order valence-corrected chi connectivity index (χ4v) is 1.30. The summed E-state index contributed by atoms with van der Waals surface area (Å²) in [5.74, 6) is 0.0827. The van der Waals surface area contributed by atoms with Crippen molar-refractivity contribution in [1.82, 2.24) is 0 Å². The average Bonchev–Trinajstić information content (AvgIpc) is 2.61. The second-order valence-electron chi connectivity index (χ2n) is 2.84. The molecule has 2 atom stereocenters. The minimum Gasteiger partial charge on any atom is -0.468 e. The molecule has 0 unspecified atom stereocenters. The largest absolute Gasteiger partial charge is 0.468 e. The summed E-state index contributed by atoms with van der Waals surface area (Å²) in [4.78, 5) is 10.9. The van der Waals surface area contributed by atoms with Gasteiger partial charge >= 0.3 is 5.97 Å². The van der Waals surface area contributed by atoms with Gasteiger partial charge in [0.1, 0.15) is 5.54 Å². The third kappa shape index (κ3) is 1.65. The van der Waals surface area contributed by atoms with Crippen molar-refractivity contribution in [2.24, 2.45) is 11.7 Å².